The minimum absolute atomic E-state index is 0.266. The van der Waals surface area contributed by atoms with Gasteiger partial charge in [-0.1, -0.05) is 11.6 Å². The maximum atomic E-state index is 9.39. The van der Waals surface area contributed by atoms with E-state index in [2.05, 4.69) is 11.4 Å². The van der Waals surface area contributed by atoms with Crippen LogP contribution in [0, 0.1) is 0 Å². The van der Waals surface area contributed by atoms with Gasteiger partial charge in [0.25, 0.3) is 0 Å². The highest BCUT2D eigenvalue weighted by molar-refractivity contribution is 5.44. The van der Waals surface area contributed by atoms with E-state index in [9.17, 15) is 5.11 Å². The number of allylic oxidation sites excluding steroid dienone is 1. The molecule has 1 unspecified atom stereocenters. The third-order valence-electron chi connectivity index (χ3n) is 3.75. The number of aromatic hydroxyl groups is 1. The summed E-state index contributed by atoms with van der Waals surface area (Å²) in [6.45, 7) is 1.66. The van der Waals surface area contributed by atoms with E-state index < -0.39 is 0 Å². The van der Waals surface area contributed by atoms with Crippen molar-refractivity contribution in [1.29, 1.82) is 0 Å². The molecule has 2 aliphatic rings. The molecule has 1 atom stereocenters. The Morgan fingerprint density at radius 1 is 1.39 bits per heavy atom. The Kier molecular flexibility index (Phi) is 3.24. The lowest BCUT2D eigenvalue weighted by atomic mass is 10.1. The van der Waals surface area contributed by atoms with Crippen LogP contribution in [0.4, 0.5) is 0 Å². The molecule has 0 saturated heterocycles. The number of ether oxygens (including phenoxy) is 1. The Morgan fingerprint density at radius 2 is 2.33 bits per heavy atom. The molecule has 3 rings (SSSR count). The van der Waals surface area contributed by atoms with Crippen LogP contribution in [-0.4, -0.2) is 18.3 Å². The quantitative estimate of drug-likeness (QED) is 0.801. The molecule has 0 radical (unpaired) electrons. The van der Waals surface area contributed by atoms with Crippen molar-refractivity contribution in [3.05, 3.63) is 35.4 Å². The maximum Gasteiger partial charge on any atom is 0.127 e. The van der Waals surface area contributed by atoms with Crippen molar-refractivity contribution in [1.82, 2.24) is 5.32 Å². The first-order valence-electron chi connectivity index (χ1n) is 6.70. The summed E-state index contributed by atoms with van der Waals surface area (Å²) in [7, 11) is 0. The molecule has 0 amide bonds. The lowest BCUT2D eigenvalue weighted by molar-refractivity contribution is 0.311. The molecule has 0 fully saturated rings. The summed E-state index contributed by atoms with van der Waals surface area (Å²) in [5.74, 6) is 1.08. The van der Waals surface area contributed by atoms with E-state index >= 15 is 0 Å². The van der Waals surface area contributed by atoms with Crippen molar-refractivity contribution in [2.75, 3.05) is 13.2 Å². The van der Waals surface area contributed by atoms with Gasteiger partial charge in [-0.15, -0.1) is 0 Å². The van der Waals surface area contributed by atoms with Crippen LogP contribution in [0.1, 0.15) is 37.3 Å². The van der Waals surface area contributed by atoms with Crippen molar-refractivity contribution in [3.63, 3.8) is 0 Å². The number of phenolic OH excluding ortho intramolecular Hbond substituents is 1. The fourth-order valence-electron chi connectivity index (χ4n) is 2.74. The Labute approximate surface area is 107 Å². The molecule has 3 heteroatoms. The summed E-state index contributed by atoms with van der Waals surface area (Å²) >= 11 is 0. The molecule has 18 heavy (non-hydrogen) atoms. The molecule has 0 bridgehead atoms. The third kappa shape index (κ3) is 2.36. The molecule has 3 nitrogen and oxygen atoms in total. The van der Waals surface area contributed by atoms with Gasteiger partial charge >= 0.3 is 0 Å². The van der Waals surface area contributed by atoms with E-state index in [1.165, 1.54) is 19.3 Å². The molecule has 0 aromatic heterocycles. The summed E-state index contributed by atoms with van der Waals surface area (Å²) < 4.78 is 5.58. The normalized spacial score (nSPS) is 21.6. The van der Waals surface area contributed by atoms with Gasteiger partial charge in [-0.3, -0.25) is 0 Å². The standard InChI is InChI=1S/C15H19NO2/c17-12-5-6-13-14(10-18-15(13)9-12)16-8-7-11-3-1-2-4-11/h3,5-6,9,14,16-17H,1-2,4,7-8,10H2. The lowest BCUT2D eigenvalue weighted by Gasteiger charge is -2.11. The van der Waals surface area contributed by atoms with Crippen LogP contribution < -0.4 is 10.1 Å². The van der Waals surface area contributed by atoms with E-state index in [4.69, 9.17) is 4.74 Å². The molecular formula is C15H19NO2. The highest BCUT2D eigenvalue weighted by Gasteiger charge is 2.23. The second-order valence-corrected chi connectivity index (χ2v) is 5.04. The van der Waals surface area contributed by atoms with Crippen LogP contribution in [0.15, 0.2) is 29.8 Å². The van der Waals surface area contributed by atoms with Crippen LogP contribution in [0.25, 0.3) is 0 Å². The average Bonchev–Trinajstić information content (AvgIpc) is 2.99. The highest BCUT2D eigenvalue weighted by Crippen LogP contribution is 2.34. The van der Waals surface area contributed by atoms with Crippen molar-refractivity contribution >= 4 is 0 Å². The van der Waals surface area contributed by atoms with Crippen molar-refractivity contribution in [2.24, 2.45) is 0 Å². The van der Waals surface area contributed by atoms with E-state index in [0.29, 0.717) is 6.61 Å². The van der Waals surface area contributed by atoms with Gasteiger partial charge in [0.15, 0.2) is 0 Å². The zero-order valence-electron chi connectivity index (χ0n) is 10.5. The highest BCUT2D eigenvalue weighted by atomic mass is 16.5. The van der Waals surface area contributed by atoms with Crippen LogP contribution in [0.3, 0.4) is 0 Å². The van der Waals surface area contributed by atoms with Crippen LogP contribution in [0.2, 0.25) is 0 Å². The van der Waals surface area contributed by atoms with Gasteiger partial charge < -0.3 is 15.2 Å². The van der Waals surface area contributed by atoms with E-state index in [0.717, 1.165) is 24.3 Å². The number of hydrogen-bond acceptors (Lipinski definition) is 3. The first-order valence-corrected chi connectivity index (χ1v) is 6.70. The summed E-state index contributed by atoms with van der Waals surface area (Å²) in [6.07, 6.45) is 7.37. The number of phenols is 1. The SMILES string of the molecule is Oc1ccc2c(c1)OCC2NCCC1=CCCC1. The molecule has 1 heterocycles. The smallest absolute Gasteiger partial charge is 0.127 e. The summed E-state index contributed by atoms with van der Waals surface area (Å²) in [4.78, 5) is 0. The fraction of sp³-hybridized carbons (Fsp3) is 0.467. The third-order valence-corrected chi connectivity index (χ3v) is 3.75. The zero-order chi connectivity index (χ0) is 12.4. The Bertz CT molecular complexity index is 468. The molecular weight excluding hydrogens is 226 g/mol. The van der Waals surface area contributed by atoms with Gasteiger partial charge in [0.1, 0.15) is 18.1 Å². The predicted molar refractivity (Wildman–Crippen MR) is 70.9 cm³/mol. The number of benzene rings is 1. The van der Waals surface area contributed by atoms with Gasteiger partial charge in [-0.05, 0) is 44.4 Å². The number of fused-ring (bicyclic) bond motifs is 1. The van der Waals surface area contributed by atoms with Crippen LogP contribution in [0.5, 0.6) is 11.5 Å². The minimum atomic E-state index is 0.266. The van der Waals surface area contributed by atoms with Crippen LogP contribution in [-0.2, 0) is 0 Å². The summed E-state index contributed by atoms with van der Waals surface area (Å²) in [5.41, 5.74) is 2.75. The van der Waals surface area contributed by atoms with Gasteiger partial charge in [-0.25, -0.2) is 0 Å². The molecule has 0 spiro atoms. The molecule has 2 N–H and O–H groups in total. The lowest BCUT2D eigenvalue weighted by Crippen LogP contribution is -2.23. The largest absolute Gasteiger partial charge is 0.508 e. The Balaban J connectivity index is 1.56. The van der Waals surface area contributed by atoms with Gasteiger partial charge in [0, 0.05) is 11.6 Å². The van der Waals surface area contributed by atoms with Crippen LogP contribution >= 0.6 is 0 Å². The molecule has 0 saturated carbocycles. The first-order chi connectivity index (χ1) is 8.83. The van der Waals surface area contributed by atoms with Crippen molar-refractivity contribution < 1.29 is 9.84 Å². The fourth-order valence-corrected chi connectivity index (χ4v) is 2.74. The molecule has 96 valence electrons. The first kappa shape index (κ1) is 11.6. The molecule has 1 aliphatic heterocycles. The van der Waals surface area contributed by atoms with Gasteiger partial charge in [0.05, 0.1) is 6.04 Å². The topological polar surface area (TPSA) is 41.5 Å². The second kappa shape index (κ2) is 5.02. The average molecular weight is 245 g/mol. The number of rotatable bonds is 4. The summed E-state index contributed by atoms with van der Waals surface area (Å²) in [5, 5.41) is 12.9. The Hall–Kier alpha value is -1.48. The maximum absolute atomic E-state index is 9.39. The molecule has 1 aromatic carbocycles. The van der Waals surface area contributed by atoms with Gasteiger partial charge in [0.2, 0.25) is 0 Å². The van der Waals surface area contributed by atoms with E-state index in [1.54, 1.807) is 17.7 Å². The minimum Gasteiger partial charge on any atom is -0.508 e. The van der Waals surface area contributed by atoms with Crippen molar-refractivity contribution in [3.8, 4) is 11.5 Å². The molecule has 1 aliphatic carbocycles. The summed E-state index contributed by atoms with van der Waals surface area (Å²) in [6, 6.07) is 5.63. The van der Waals surface area contributed by atoms with E-state index in [1.807, 2.05) is 6.07 Å². The second-order valence-electron chi connectivity index (χ2n) is 5.04. The number of nitrogens with one attached hydrogen (secondary N) is 1. The van der Waals surface area contributed by atoms with Gasteiger partial charge in [-0.2, -0.15) is 0 Å². The predicted octanol–water partition coefficient (Wildman–Crippen LogP) is 2.92. The van der Waals surface area contributed by atoms with E-state index in [-0.39, 0.29) is 11.8 Å². The Morgan fingerprint density at radius 3 is 3.17 bits per heavy atom. The van der Waals surface area contributed by atoms with Crippen molar-refractivity contribution in [2.45, 2.75) is 31.7 Å². The monoisotopic (exact) mass is 245 g/mol. The zero-order valence-corrected chi connectivity index (χ0v) is 10.5. The molecule has 1 aromatic rings. The number of hydrogen-bond donors (Lipinski definition) is 2.